The molecular formula is C16H21F3N2O3. The summed E-state index contributed by atoms with van der Waals surface area (Å²) in [5, 5.41) is 9.75. The predicted molar refractivity (Wildman–Crippen MR) is 80.9 cm³/mol. The summed E-state index contributed by atoms with van der Waals surface area (Å²) in [6.07, 6.45) is -6.35. The summed E-state index contributed by atoms with van der Waals surface area (Å²) in [5.74, 6) is 0. The largest absolute Gasteiger partial charge is 0.444 e. The van der Waals surface area contributed by atoms with Crippen LogP contribution in [0.15, 0.2) is 18.2 Å². The van der Waals surface area contributed by atoms with Gasteiger partial charge in [-0.1, -0.05) is 6.07 Å². The van der Waals surface area contributed by atoms with Crippen LogP contribution in [0, 0.1) is 0 Å². The zero-order valence-electron chi connectivity index (χ0n) is 13.7. The van der Waals surface area contributed by atoms with Gasteiger partial charge < -0.3 is 15.6 Å². The number of carbonyl (C=O) groups excluding carboxylic acids is 1. The molecule has 2 rings (SSSR count). The van der Waals surface area contributed by atoms with Crippen molar-refractivity contribution >= 4 is 6.09 Å². The Morgan fingerprint density at radius 1 is 1.33 bits per heavy atom. The van der Waals surface area contributed by atoms with Crippen LogP contribution in [0.25, 0.3) is 0 Å². The van der Waals surface area contributed by atoms with Gasteiger partial charge in [-0.25, -0.2) is 4.79 Å². The van der Waals surface area contributed by atoms with Crippen LogP contribution in [0.2, 0.25) is 0 Å². The average Bonchev–Trinajstić information content (AvgIpc) is 2.42. The Labute approximate surface area is 138 Å². The van der Waals surface area contributed by atoms with E-state index in [1.165, 1.54) is 11.0 Å². The molecule has 0 radical (unpaired) electrons. The highest BCUT2D eigenvalue weighted by Gasteiger charge is 2.37. The van der Waals surface area contributed by atoms with Crippen molar-refractivity contribution in [3.8, 4) is 0 Å². The minimum absolute atomic E-state index is 0.104. The van der Waals surface area contributed by atoms with Crippen molar-refractivity contribution < 1.29 is 27.8 Å². The van der Waals surface area contributed by atoms with Crippen LogP contribution in [-0.2, 0) is 23.9 Å². The van der Waals surface area contributed by atoms with Gasteiger partial charge in [0.1, 0.15) is 11.8 Å². The van der Waals surface area contributed by atoms with Gasteiger partial charge in [-0.15, -0.1) is 0 Å². The molecular weight excluding hydrogens is 325 g/mol. The number of amides is 1. The Balaban J connectivity index is 2.34. The van der Waals surface area contributed by atoms with E-state index in [1.807, 2.05) is 0 Å². The van der Waals surface area contributed by atoms with Crippen molar-refractivity contribution in [3.05, 3.63) is 34.9 Å². The van der Waals surface area contributed by atoms with Gasteiger partial charge in [0.05, 0.1) is 11.6 Å². The molecule has 0 unspecified atom stereocenters. The van der Waals surface area contributed by atoms with Crippen molar-refractivity contribution in [1.29, 1.82) is 0 Å². The molecule has 0 bridgehead atoms. The first-order valence-electron chi connectivity index (χ1n) is 7.51. The van der Waals surface area contributed by atoms with Crippen molar-refractivity contribution in [2.24, 2.45) is 5.73 Å². The lowest BCUT2D eigenvalue weighted by atomic mass is 9.92. The van der Waals surface area contributed by atoms with E-state index in [9.17, 15) is 23.1 Å². The lowest BCUT2D eigenvalue weighted by Crippen LogP contribution is -2.54. The third-order valence-corrected chi connectivity index (χ3v) is 3.73. The Kier molecular flexibility index (Phi) is 4.83. The maximum absolute atomic E-state index is 12.9. The average molecular weight is 346 g/mol. The first kappa shape index (κ1) is 18.5. The molecule has 1 heterocycles. The molecule has 0 aromatic heterocycles. The fourth-order valence-electron chi connectivity index (χ4n) is 2.61. The number of halogens is 3. The number of nitrogens with zero attached hydrogens (tertiary/aromatic N) is 1. The Morgan fingerprint density at radius 2 is 1.96 bits per heavy atom. The number of aliphatic hydroxyl groups is 1. The van der Waals surface area contributed by atoms with Crippen LogP contribution < -0.4 is 5.73 Å². The van der Waals surface area contributed by atoms with E-state index >= 15 is 0 Å². The third kappa shape index (κ3) is 4.18. The van der Waals surface area contributed by atoms with E-state index < -0.39 is 35.7 Å². The van der Waals surface area contributed by atoms with E-state index in [2.05, 4.69) is 0 Å². The molecule has 1 aromatic carbocycles. The molecule has 134 valence electrons. The standard InChI is InChI=1S/C16H21F3N2O3/c1-15(2,3)24-14(23)21-8-10-6-11(16(17,18)19)5-4-9(10)7-12(21)13(20)22/h4-6,12-13,22H,7-8,20H2,1-3H3/t12-,13-/m0/s1. The van der Waals surface area contributed by atoms with Crippen LogP contribution in [0.5, 0.6) is 0 Å². The fourth-order valence-corrected chi connectivity index (χ4v) is 2.61. The summed E-state index contributed by atoms with van der Waals surface area (Å²) in [4.78, 5) is 13.5. The molecule has 0 saturated carbocycles. The molecule has 1 amide bonds. The first-order valence-corrected chi connectivity index (χ1v) is 7.51. The number of hydrogen-bond acceptors (Lipinski definition) is 4. The number of nitrogens with two attached hydrogens (primary N) is 1. The second-order valence-corrected chi connectivity index (χ2v) is 6.85. The van der Waals surface area contributed by atoms with Gasteiger partial charge in [-0.3, -0.25) is 4.90 Å². The maximum atomic E-state index is 12.9. The van der Waals surface area contributed by atoms with Crippen molar-refractivity contribution in [1.82, 2.24) is 4.90 Å². The number of aliphatic hydroxyl groups excluding tert-OH is 1. The molecule has 24 heavy (non-hydrogen) atoms. The summed E-state index contributed by atoms with van der Waals surface area (Å²) in [5.41, 5.74) is 4.98. The zero-order chi connectivity index (χ0) is 18.3. The third-order valence-electron chi connectivity index (χ3n) is 3.73. The zero-order valence-corrected chi connectivity index (χ0v) is 13.7. The van der Waals surface area contributed by atoms with Crippen LogP contribution >= 0.6 is 0 Å². The molecule has 0 aliphatic carbocycles. The van der Waals surface area contributed by atoms with Crippen LogP contribution in [-0.4, -0.2) is 34.0 Å². The molecule has 0 fully saturated rings. The van der Waals surface area contributed by atoms with Gasteiger partial charge >= 0.3 is 12.3 Å². The minimum atomic E-state index is -4.46. The molecule has 0 spiro atoms. The van der Waals surface area contributed by atoms with E-state index in [-0.39, 0.29) is 13.0 Å². The molecule has 1 aliphatic heterocycles. The number of hydrogen-bond donors (Lipinski definition) is 2. The number of rotatable bonds is 1. The fraction of sp³-hybridized carbons (Fsp3) is 0.562. The number of fused-ring (bicyclic) bond motifs is 1. The summed E-state index contributed by atoms with van der Waals surface area (Å²) in [7, 11) is 0. The van der Waals surface area contributed by atoms with Crippen molar-refractivity contribution in [2.45, 2.75) is 57.8 Å². The quantitative estimate of drug-likeness (QED) is 0.767. The van der Waals surface area contributed by atoms with E-state index in [1.54, 1.807) is 20.8 Å². The Morgan fingerprint density at radius 3 is 2.46 bits per heavy atom. The molecule has 0 saturated heterocycles. The van der Waals surface area contributed by atoms with Gasteiger partial charge in [0, 0.05) is 6.54 Å². The second-order valence-electron chi connectivity index (χ2n) is 6.85. The summed E-state index contributed by atoms with van der Waals surface area (Å²) < 4.78 is 43.9. The smallest absolute Gasteiger partial charge is 0.416 e. The predicted octanol–water partition coefficient (Wildman–Crippen LogP) is 2.64. The minimum Gasteiger partial charge on any atom is -0.444 e. The normalized spacial score (nSPS) is 19.7. The molecule has 1 aliphatic rings. The second kappa shape index (κ2) is 6.25. The Hall–Kier alpha value is -1.80. The topological polar surface area (TPSA) is 75.8 Å². The SMILES string of the molecule is CC(C)(C)OC(=O)N1Cc2cc(C(F)(F)F)ccc2C[C@H]1[C@@H](N)O. The lowest BCUT2D eigenvalue weighted by Gasteiger charge is -2.39. The highest BCUT2D eigenvalue weighted by molar-refractivity contribution is 5.69. The lowest BCUT2D eigenvalue weighted by molar-refractivity contribution is -0.137. The number of carbonyl (C=O) groups is 1. The number of benzene rings is 1. The maximum Gasteiger partial charge on any atom is 0.416 e. The van der Waals surface area contributed by atoms with Crippen LogP contribution in [0.3, 0.4) is 0 Å². The van der Waals surface area contributed by atoms with Crippen LogP contribution in [0.1, 0.15) is 37.5 Å². The van der Waals surface area contributed by atoms with Gasteiger partial charge in [0.25, 0.3) is 0 Å². The molecule has 2 atom stereocenters. The summed E-state index contributed by atoms with van der Waals surface area (Å²) >= 11 is 0. The number of ether oxygens (including phenoxy) is 1. The summed E-state index contributed by atoms with van der Waals surface area (Å²) in [6, 6.07) is 2.61. The Bertz CT molecular complexity index is 624. The van der Waals surface area contributed by atoms with Gasteiger partial charge in [-0.05, 0) is 50.5 Å². The summed E-state index contributed by atoms with van der Waals surface area (Å²) in [6.45, 7) is 4.93. The molecule has 3 N–H and O–H groups in total. The highest BCUT2D eigenvalue weighted by atomic mass is 19.4. The first-order chi connectivity index (χ1) is 10.9. The molecule has 1 aromatic rings. The highest BCUT2D eigenvalue weighted by Crippen LogP contribution is 2.33. The van der Waals surface area contributed by atoms with Gasteiger partial charge in [-0.2, -0.15) is 13.2 Å². The van der Waals surface area contributed by atoms with E-state index in [4.69, 9.17) is 10.5 Å². The van der Waals surface area contributed by atoms with Crippen molar-refractivity contribution in [3.63, 3.8) is 0 Å². The van der Waals surface area contributed by atoms with E-state index in [0.717, 1.165) is 12.1 Å². The number of alkyl halides is 3. The van der Waals surface area contributed by atoms with Gasteiger partial charge in [0.15, 0.2) is 0 Å². The van der Waals surface area contributed by atoms with Crippen molar-refractivity contribution in [2.75, 3.05) is 0 Å². The van der Waals surface area contributed by atoms with Crippen LogP contribution in [0.4, 0.5) is 18.0 Å². The molecule has 5 nitrogen and oxygen atoms in total. The van der Waals surface area contributed by atoms with E-state index in [0.29, 0.717) is 11.1 Å². The van der Waals surface area contributed by atoms with Gasteiger partial charge in [0.2, 0.25) is 0 Å². The molecule has 8 heteroatoms. The monoisotopic (exact) mass is 346 g/mol.